The van der Waals surface area contributed by atoms with Gasteiger partial charge in [0.25, 0.3) is 5.91 Å². The smallest absolute Gasteiger partial charge is 0.326 e. The molecule has 22 heavy (non-hydrogen) atoms. The van der Waals surface area contributed by atoms with Crippen LogP contribution in [0.15, 0.2) is 17.2 Å². The third-order valence-electron chi connectivity index (χ3n) is 2.98. The van der Waals surface area contributed by atoms with Crippen LogP contribution in [0.4, 0.5) is 0 Å². The van der Waals surface area contributed by atoms with Crippen LogP contribution >= 0.6 is 0 Å². The first-order valence-electron chi connectivity index (χ1n) is 6.02. The number of aromatic amines is 1. The van der Waals surface area contributed by atoms with Crippen molar-refractivity contribution in [1.29, 1.82) is 0 Å². The lowest BCUT2D eigenvalue weighted by Crippen LogP contribution is -2.45. The molecule has 1 rings (SSSR count). The first-order valence-corrected chi connectivity index (χ1v) is 7.51. The van der Waals surface area contributed by atoms with E-state index in [1.165, 1.54) is 14.0 Å². The molecule has 10 nitrogen and oxygen atoms in total. The molecule has 1 heterocycles. The number of primary amides is 1. The van der Waals surface area contributed by atoms with Gasteiger partial charge in [0.1, 0.15) is 16.6 Å². The van der Waals surface area contributed by atoms with Gasteiger partial charge in [-0.3, -0.25) is 9.59 Å². The summed E-state index contributed by atoms with van der Waals surface area (Å²) >= 11 is 0. The van der Waals surface area contributed by atoms with Crippen LogP contribution in [-0.2, 0) is 19.6 Å². The molecular weight excluding hydrogens is 316 g/mol. The number of H-pyrrole nitrogens is 1. The minimum atomic E-state index is -4.03. The summed E-state index contributed by atoms with van der Waals surface area (Å²) in [4.78, 5) is 36.4. The van der Waals surface area contributed by atoms with Crippen LogP contribution in [0.1, 0.15) is 17.4 Å². The number of amides is 2. The van der Waals surface area contributed by atoms with Gasteiger partial charge >= 0.3 is 5.97 Å². The van der Waals surface area contributed by atoms with Gasteiger partial charge in [-0.05, 0) is 13.0 Å². The summed E-state index contributed by atoms with van der Waals surface area (Å²) < 4.78 is 25.9. The second kappa shape index (κ2) is 6.58. The molecule has 0 aliphatic rings. The lowest BCUT2D eigenvalue weighted by atomic mass is 10.3. The summed E-state index contributed by atoms with van der Waals surface area (Å²) in [7, 11) is -2.78. The fraction of sp³-hybridized carbons (Fsp3) is 0.364. The Kier molecular flexibility index (Phi) is 5.28. The van der Waals surface area contributed by atoms with Crippen LogP contribution in [0.25, 0.3) is 0 Å². The topological polar surface area (TPSA) is 163 Å². The minimum absolute atomic E-state index is 0.0941. The second-order valence-corrected chi connectivity index (χ2v) is 6.22. The van der Waals surface area contributed by atoms with Crippen molar-refractivity contribution in [2.24, 2.45) is 5.73 Å². The number of nitrogens with zero attached hydrogens (tertiary/aromatic N) is 1. The van der Waals surface area contributed by atoms with Crippen molar-refractivity contribution in [3.63, 3.8) is 0 Å². The summed E-state index contributed by atoms with van der Waals surface area (Å²) in [5.74, 6) is -2.76. The molecule has 0 saturated carbocycles. The number of sulfonamides is 1. The third kappa shape index (κ3) is 4.05. The fourth-order valence-corrected chi connectivity index (χ4v) is 2.39. The zero-order chi connectivity index (χ0) is 17.1. The molecule has 11 heteroatoms. The highest BCUT2D eigenvalue weighted by Gasteiger charge is 2.24. The molecule has 0 bridgehead atoms. The second-order valence-electron chi connectivity index (χ2n) is 4.46. The number of nitrogens with two attached hydrogens (primary N) is 1. The van der Waals surface area contributed by atoms with Crippen molar-refractivity contribution in [1.82, 2.24) is 14.6 Å². The van der Waals surface area contributed by atoms with E-state index in [-0.39, 0.29) is 10.6 Å². The predicted molar refractivity (Wildman–Crippen MR) is 74.4 cm³/mol. The van der Waals surface area contributed by atoms with Gasteiger partial charge in [-0.2, -0.15) is 0 Å². The Morgan fingerprint density at radius 3 is 2.50 bits per heavy atom. The molecule has 0 saturated heterocycles. The van der Waals surface area contributed by atoms with Gasteiger partial charge in [0.2, 0.25) is 15.9 Å². The van der Waals surface area contributed by atoms with Crippen LogP contribution in [0.3, 0.4) is 0 Å². The molecule has 2 amide bonds. The summed E-state index contributed by atoms with van der Waals surface area (Å²) in [6.45, 7) is 0.674. The molecule has 122 valence electrons. The van der Waals surface area contributed by atoms with Crippen molar-refractivity contribution in [2.45, 2.75) is 17.9 Å². The Morgan fingerprint density at radius 2 is 2.05 bits per heavy atom. The maximum absolute atomic E-state index is 11.9. The fourth-order valence-electron chi connectivity index (χ4n) is 1.42. The van der Waals surface area contributed by atoms with Gasteiger partial charge in [0, 0.05) is 13.2 Å². The molecule has 1 aromatic rings. The number of likely N-dealkylation sites (N-methyl/N-ethyl adjacent to an activating group) is 1. The predicted octanol–water partition coefficient (Wildman–Crippen LogP) is -1.68. The quantitative estimate of drug-likeness (QED) is 0.466. The first kappa shape index (κ1) is 17.7. The number of carboxylic acid groups (broad SMARTS) is 1. The van der Waals surface area contributed by atoms with Crippen molar-refractivity contribution in [3.05, 3.63) is 18.0 Å². The van der Waals surface area contributed by atoms with Gasteiger partial charge in [-0.25, -0.2) is 17.9 Å². The van der Waals surface area contributed by atoms with E-state index in [4.69, 9.17) is 10.8 Å². The number of aromatic nitrogens is 1. The van der Waals surface area contributed by atoms with Gasteiger partial charge in [-0.15, -0.1) is 0 Å². The molecule has 5 N–H and O–H groups in total. The van der Waals surface area contributed by atoms with Crippen LogP contribution in [-0.4, -0.2) is 60.8 Å². The molecular formula is C11H16N4O6S. The third-order valence-corrected chi connectivity index (χ3v) is 4.36. The Balaban J connectivity index is 2.75. The zero-order valence-corrected chi connectivity index (χ0v) is 12.7. The number of hydrogen-bond acceptors (Lipinski definition) is 5. The van der Waals surface area contributed by atoms with Crippen molar-refractivity contribution >= 4 is 27.8 Å². The molecule has 1 unspecified atom stereocenters. The Hall–Kier alpha value is -2.40. The molecule has 0 aliphatic carbocycles. The highest BCUT2D eigenvalue weighted by molar-refractivity contribution is 7.89. The van der Waals surface area contributed by atoms with E-state index in [9.17, 15) is 22.8 Å². The average molecular weight is 332 g/mol. The van der Waals surface area contributed by atoms with E-state index in [2.05, 4.69) is 4.98 Å². The minimum Gasteiger partial charge on any atom is -0.480 e. The van der Waals surface area contributed by atoms with E-state index in [0.29, 0.717) is 0 Å². The van der Waals surface area contributed by atoms with Crippen molar-refractivity contribution in [2.75, 3.05) is 13.6 Å². The lowest BCUT2D eigenvalue weighted by Gasteiger charge is -2.21. The van der Waals surface area contributed by atoms with E-state index >= 15 is 0 Å². The van der Waals surface area contributed by atoms with Gasteiger partial charge in [0.15, 0.2) is 0 Å². The van der Waals surface area contributed by atoms with Crippen LogP contribution in [0.5, 0.6) is 0 Å². The zero-order valence-electron chi connectivity index (χ0n) is 11.9. The van der Waals surface area contributed by atoms with Gasteiger partial charge in [-0.1, -0.05) is 0 Å². The van der Waals surface area contributed by atoms with Crippen LogP contribution in [0.2, 0.25) is 0 Å². The number of carbonyl (C=O) groups is 3. The summed E-state index contributed by atoms with van der Waals surface area (Å²) in [5.41, 5.74) is 4.90. The lowest BCUT2D eigenvalue weighted by molar-refractivity contribution is -0.147. The molecule has 0 spiro atoms. The van der Waals surface area contributed by atoms with Gasteiger partial charge < -0.3 is 20.7 Å². The van der Waals surface area contributed by atoms with Gasteiger partial charge in [0.05, 0.1) is 6.54 Å². The number of hydrogen-bond donors (Lipinski definition) is 4. The maximum Gasteiger partial charge on any atom is 0.326 e. The Labute approximate surface area is 126 Å². The molecule has 1 atom stereocenters. The Morgan fingerprint density at radius 1 is 1.45 bits per heavy atom. The molecule has 0 radical (unpaired) electrons. The number of aliphatic carboxylic acids is 1. The summed E-state index contributed by atoms with van der Waals surface area (Å²) in [5, 5.41) is 8.78. The maximum atomic E-state index is 11.9. The van der Waals surface area contributed by atoms with E-state index < -0.39 is 40.4 Å². The summed E-state index contributed by atoms with van der Waals surface area (Å²) in [6.07, 6.45) is 1.05. The monoisotopic (exact) mass is 332 g/mol. The van der Waals surface area contributed by atoms with E-state index in [1.807, 2.05) is 4.72 Å². The normalized spacial score (nSPS) is 12.6. The van der Waals surface area contributed by atoms with Crippen molar-refractivity contribution in [3.8, 4) is 0 Å². The summed E-state index contributed by atoms with van der Waals surface area (Å²) in [6, 6.07) is -0.0654. The molecule has 0 aromatic carbocycles. The first-order chi connectivity index (χ1) is 10.1. The number of nitrogens with one attached hydrogen (secondary N) is 2. The van der Waals surface area contributed by atoms with Crippen LogP contribution < -0.4 is 10.5 Å². The Bertz CT molecular complexity index is 695. The highest BCUT2D eigenvalue weighted by atomic mass is 32.2. The highest BCUT2D eigenvalue weighted by Crippen LogP contribution is 2.10. The standard InChI is InChI=1S/C11H16N4O6S/c1-6(11(18)19)15(2)9(16)5-14-22(20,21)7-3-8(10(12)17)13-4-7/h3-4,6,13-14H,5H2,1-2H3,(H2,12,17)(H,18,19). The molecule has 1 aromatic heterocycles. The number of carboxylic acids is 1. The van der Waals surface area contributed by atoms with E-state index in [1.54, 1.807) is 0 Å². The largest absolute Gasteiger partial charge is 0.480 e. The molecule has 0 fully saturated rings. The average Bonchev–Trinajstić information content (AvgIpc) is 2.93. The number of carbonyl (C=O) groups excluding carboxylic acids is 2. The van der Waals surface area contributed by atoms with E-state index in [0.717, 1.165) is 17.2 Å². The SMILES string of the molecule is CC(C(=O)O)N(C)C(=O)CNS(=O)(=O)c1c[nH]c(C(N)=O)c1. The van der Waals surface area contributed by atoms with Crippen LogP contribution in [0, 0.1) is 0 Å². The van der Waals surface area contributed by atoms with Crippen molar-refractivity contribution < 1.29 is 27.9 Å². The number of rotatable bonds is 7. The molecule has 0 aliphatic heterocycles.